The van der Waals surface area contributed by atoms with Crippen molar-refractivity contribution in [2.45, 2.75) is 32.4 Å². The molecule has 4 heteroatoms. The lowest BCUT2D eigenvalue weighted by Crippen LogP contribution is -2.30. The predicted molar refractivity (Wildman–Crippen MR) is 117 cm³/mol. The SMILES string of the molecule is CCC[C@@H](NC(=O)c1ccccc1)c1nc2ccccc2n1Cc1ccccc1. The second-order valence-electron chi connectivity index (χ2n) is 7.21. The summed E-state index contributed by atoms with van der Waals surface area (Å²) >= 11 is 0. The molecule has 1 heterocycles. The Morgan fingerprint density at radius 1 is 0.931 bits per heavy atom. The Hall–Kier alpha value is -3.40. The van der Waals surface area contributed by atoms with Crippen molar-refractivity contribution in [1.82, 2.24) is 14.9 Å². The van der Waals surface area contributed by atoms with Crippen molar-refractivity contribution >= 4 is 16.9 Å². The molecule has 146 valence electrons. The number of rotatable bonds is 7. The second-order valence-corrected chi connectivity index (χ2v) is 7.21. The number of para-hydroxylation sites is 2. The molecule has 0 aliphatic heterocycles. The van der Waals surface area contributed by atoms with E-state index in [1.807, 2.05) is 54.6 Å². The third-order valence-corrected chi connectivity index (χ3v) is 5.10. The molecule has 0 aliphatic carbocycles. The molecule has 29 heavy (non-hydrogen) atoms. The van der Waals surface area contributed by atoms with Crippen LogP contribution in [0.5, 0.6) is 0 Å². The summed E-state index contributed by atoms with van der Waals surface area (Å²) in [5.41, 5.74) is 3.91. The maximum absolute atomic E-state index is 12.8. The fraction of sp³-hybridized carbons (Fsp3) is 0.200. The highest BCUT2D eigenvalue weighted by Crippen LogP contribution is 2.25. The van der Waals surface area contributed by atoms with Gasteiger partial charge in [0, 0.05) is 12.1 Å². The van der Waals surface area contributed by atoms with E-state index in [-0.39, 0.29) is 11.9 Å². The summed E-state index contributed by atoms with van der Waals surface area (Å²) in [6.07, 6.45) is 1.78. The summed E-state index contributed by atoms with van der Waals surface area (Å²) in [6, 6.07) is 27.7. The Morgan fingerprint density at radius 2 is 1.59 bits per heavy atom. The molecule has 4 rings (SSSR count). The van der Waals surface area contributed by atoms with Gasteiger partial charge in [0.2, 0.25) is 0 Å². The molecule has 0 saturated heterocycles. The van der Waals surface area contributed by atoms with Crippen molar-refractivity contribution in [3.05, 3.63) is 102 Å². The largest absolute Gasteiger partial charge is 0.342 e. The average Bonchev–Trinajstić information content (AvgIpc) is 3.13. The Morgan fingerprint density at radius 3 is 2.31 bits per heavy atom. The Balaban J connectivity index is 1.73. The fourth-order valence-corrected chi connectivity index (χ4v) is 3.68. The summed E-state index contributed by atoms with van der Waals surface area (Å²) in [6.45, 7) is 2.85. The van der Waals surface area contributed by atoms with Crippen molar-refractivity contribution in [3.63, 3.8) is 0 Å². The van der Waals surface area contributed by atoms with E-state index >= 15 is 0 Å². The van der Waals surface area contributed by atoms with Crippen LogP contribution < -0.4 is 5.32 Å². The molecule has 1 atom stereocenters. The number of imidazole rings is 1. The predicted octanol–water partition coefficient (Wildman–Crippen LogP) is 5.36. The lowest BCUT2D eigenvalue weighted by molar-refractivity contribution is 0.0932. The number of nitrogens with zero attached hydrogens (tertiary/aromatic N) is 2. The molecule has 0 fully saturated rings. The molecule has 1 aromatic heterocycles. The highest BCUT2D eigenvalue weighted by molar-refractivity contribution is 5.94. The van der Waals surface area contributed by atoms with Crippen molar-refractivity contribution in [3.8, 4) is 0 Å². The zero-order valence-corrected chi connectivity index (χ0v) is 16.6. The highest BCUT2D eigenvalue weighted by Gasteiger charge is 2.22. The van der Waals surface area contributed by atoms with Gasteiger partial charge in [0.1, 0.15) is 5.82 Å². The van der Waals surface area contributed by atoms with Crippen molar-refractivity contribution in [1.29, 1.82) is 0 Å². The van der Waals surface area contributed by atoms with Gasteiger partial charge in [-0.05, 0) is 36.2 Å². The molecule has 0 aliphatic rings. The number of nitrogens with one attached hydrogen (secondary N) is 1. The Bertz CT molecular complexity index is 1090. The van der Waals surface area contributed by atoms with Gasteiger partial charge < -0.3 is 9.88 Å². The van der Waals surface area contributed by atoms with Gasteiger partial charge in [-0.1, -0.05) is 74.0 Å². The Kier molecular flexibility index (Phi) is 5.71. The standard InChI is InChI=1S/C25H25N3O/c1-2-11-22(27-25(29)20-14-7-4-8-15-20)24-26-21-16-9-10-17-23(21)28(24)18-19-12-5-3-6-13-19/h3-10,12-17,22H,2,11,18H2,1H3,(H,27,29)/t22-/m1/s1. The molecular weight excluding hydrogens is 358 g/mol. The molecule has 3 aromatic carbocycles. The summed E-state index contributed by atoms with van der Waals surface area (Å²) in [4.78, 5) is 17.8. The maximum Gasteiger partial charge on any atom is 0.251 e. The van der Waals surface area contributed by atoms with Crippen LogP contribution in [-0.4, -0.2) is 15.5 Å². The zero-order chi connectivity index (χ0) is 20.1. The molecular formula is C25H25N3O. The summed E-state index contributed by atoms with van der Waals surface area (Å²) in [5, 5.41) is 3.22. The summed E-state index contributed by atoms with van der Waals surface area (Å²) in [7, 11) is 0. The monoisotopic (exact) mass is 383 g/mol. The minimum atomic E-state index is -0.149. The minimum Gasteiger partial charge on any atom is -0.342 e. The zero-order valence-electron chi connectivity index (χ0n) is 16.6. The van der Waals surface area contributed by atoms with Gasteiger partial charge in [-0.25, -0.2) is 4.98 Å². The third kappa shape index (κ3) is 4.21. The first-order valence-electron chi connectivity index (χ1n) is 10.1. The van der Waals surface area contributed by atoms with E-state index in [0.717, 1.165) is 36.2 Å². The van der Waals surface area contributed by atoms with Gasteiger partial charge in [0.25, 0.3) is 5.91 Å². The van der Waals surface area contributed by atoms with Gasteiger partial charge in [0.15, 0.2) is 0 Å². The van der Waals surface area contributed by atoms with Crippen LogP contribution in [0.2, 0.25) is 0 Å². The van der Waals surface area contributed by atoms with Crippen LogP contribution in [0.25, 0.3) is 11.0 Å². The van der Waals surface area contributed by atoms with Gasteiger partial charge >= 0.3 is 0 Å². The second kappa shape index (κ2) is 8.74. The summed E-state index contributed by atoms with van der Waals surface area (Å²) in [5.74, 6) is 0.837. The van der Waals surface area contributed by atoms with Gasteiger partial charge in [-0.3, -0.25) is 4.79 Å². The van der Waals surface area contributed by atoms with Crippen LogP contribution >= 0.6 is 0 Å². The molecule has 1 N–H and O–H groups in total. The van der Waals surface area contributed by atoms with E-state index in [9.17, 15) is 4.79 Å². The fourth-order valence-electron chi connectivity index (χ4n) is 3.68. The number of amides is 1. The van der Waals surface area contributed by atoms with E-state index < -0.39 is 0 Å². The number of fused-ring (bicyclic) bond motifs is 1. The molecule has 4 aromatic rings. The molecule has 0 saturated carbocycles. The molecule has 4 nitrogen and oxygen atoms in total. The number of carbonyl (C=O) groups is 1. The van der Waals surface area contributed by atoms with Crippen molar-refractivity contribution < 1.29 is 4.79 Å². The van der Waals surface area contributed by atoms with Crippen LogP contribution in [0.15, 0.2) is 84.9 Å². The van der Waals surface area contributed by atoms with Crippen molar-refractivity contribution in [2.24, 2.45) is 0 Å². The van der Waals surface area contributed by atoms with E-state index in [4.69, 9.17) is 4.98 Å². The summed E-state index contributed by atoms with van der Waals surface area (Å²) < 4.78 is 2.23. The van der Waals surface area contributed by atoms with E-state index in [2.05, 4.69) is 47.1 Å². The first-order chi connectivity index (χ1) is 14.3. The highest BCUT2D eigenvalue weighted by atomic mass is 16.1. The molecule has 0 radical (unpaired) electrons. The maximum atomic E-state index is 12.8. The van der Waals surface area contributed by atoms with Gasteiger partial charge in [0.05, 0.1) is 17.1 Å². The first kappa shape index (κ1) is 18.9. The van der Waals surface area contributed by atoms with Crippen LogP contribution in [0.3, 0.4) is 0 Å². The van der Waals surface area contributed by atoms with E-state index in [0.29, 0.717) is 5.56 Å². The lowest BCUT2D eigenvalue weighted by atomic mass is 10.1. The topological polar surface area (TPSA) is 46.9 Å². The molecule has 0 bridgehead atoms. The number of hydrogen-bond acceptors (Lipinski definition) is 2. The van der Waals surface area contributed by atoms with Gasteiger partial charge in [-0.15, -0.1) is 0 Å². The number of aromatic nitrogens is 2. The smallest absolute Gasteiger partial charge is 0.251 e. The van der Waals surface area contributed by atoms with E-state index in [1.54, 1.807) is 0 Å². The van der Waals surface area contributed by atoms with Crippen LogP contribution in [0.1, 0.15) is 47.6 Å². The molecule has 0 spiro atoms. The molecule has 0 unspecified atom stereocenters. The quantitative estimate of drug-likeness (QED) is 0.467. The van der Waals surface area contributed by atoms with Crippen molar-refractivity contribution in [2.75, 3.05) is 0 Å². The third-order valence-electron chi connectivity index (χ3n) is 5.10. The molecule has 1 amide bonds. The van der Waals surface area contributed by atoms with Crippen LogP contribution in [0.4, 0.5) is 0 Å². The lowest BCUT2D eigenvalue weighted by Gasteiger charge is -2.20. The number of hydrogen-bond donors (Lipinski definition) is 1. The normalized spacial score (nSPS) is 12.0. The van der Waals surface area contributed by atoms with Crippen LogP contribution in [-0.2, 0) is 6.54 Å². The van der Waals surface area contributed by atoms with E-state index in [1.165, 1.54) is 5.56 Å². The van der Waals surface area contributed by atoms with Gasteiger partial charge in [-0.2, -0.15) is 0 Å². The average molecular weight is 383 g/mol. The number of benzene rings is 3. The number of carbonyl (C=O) groups excluding carboxylic acids is 1. The first-order valence-corrected chi connectivity index (χ1v) is 10.1. The van der Waals surface area contributed by atoms with Crippen LogP contribution in [0, 0.1) is 0 Å². The Labute approximate surface area is 171 Å². The minimum absolute atomic E-state index is 0.0673.